The maximum Gasteiger partial charge on any atom is 0.270 e. The predicted octanol–water partition coefficient (Wildman–Crippen LogP) is 0.390. The van der Waals surface area contributed by atoms with Crippen molar-refractivity contribution in [2.75, 3.05) is 50.8 Å². The smallest absolute Gasteiger partial charge is 0.270 e. The molecule has 2 N–H and O–H groups in total. The van der Waals surface area contributed by atoms with Gasteiger partial charge in [0.25, 0.3) is 5.91 Å². The molecule has 0 bridgehead atoms. The van der Waals surface area contributed by atoms with E-state index in [0.29, 0.717) is 12.2 Å². The van der Waals surface area contributed by atoms with Crippen molar-refractivity contribution in [1.82, 2.24) is 20.2 Å². The number of piperazine rings is 1. The third-order valence-electron chi connectivity index (χ3n) is 4.70. The van der Waals surface area contributed by atoms with Gasteiger partial charge < -0.3 is 15.3 Å². The van der Waals surface area contributed by atoms with Crippen LogP contribution in [0.15, 0.2) is 0 Å². The minimum Gasteiger partial charge on any atom is -0.396 e. The van der Waals surface area contributed by atoms with Crippen LogP contribution in [0.2, 0.25) is 0 Å². The second-order valence-electron chi connectivity index (χ2n) is 6.80. The number of anilines is 1. The molecule has 1 amide bonds. The Balaban J connectivity index is 1.84. The molecule has 1 fully saturated rings. The first-order valence-electron chi connectivity index (χ1n) is 8.87. The summed E-state index contributed by atoms with van der Waals surface area (Å²) in [5, 5.41) is 11.9. The van der Waals surface area contributed by atoms with Gasteiger partial charge in [-0.1, -0.05) is 13.8 Å². The molecule has 2 aliphatic rings. The number of carbonyl (C=O) groups excluding carboxylic acids is 1. The van der Waals surface area contributed by atoms with Crippen LogP contribution in [0.3, 0.4) is 0 Å². The van der Waals surface area contributed by atoms with Crippen LogP contribution in [0.1, 0.15) is 48.1 Å². The molecule has 3 rings (SSSR count). The van der Waals surface area contributed by atoms with E-state index in [0.717, 1.165) is 62.8 Å². The number of aliphatic hydroxyl groups is 1. The van der Waals surface area contributed by atoms with Gasteiger partial charge in [-0.05, 0) is 12.8 Å². The summed E-state index contributed by atoms with van der Waals surface area (Å²) in [4.78, 5) is 26.2. The quantitative estimate of drug-likeness (QED) is 0.811. The number of nitrogens with one attached hydrogen (secondary N) is 1. The number of hydrogen-bond acceptors (Lipinski definition) is 6. The lowest BCUT2D eigenvalue weighted by Gasteiger charge is -2.37. The highest BCUT2D eigenvalue weighted by Gasteiger charge is 2.28. The van der Waals surface area contributed by atoms with Crippen molar-refractivity contribution in [3.05, 3.63) is 17.1 Å². The fourth-order valence-electron chi connectivity index (χ4n) is 3.29. The van der Waals surface area contributed by atoms with E-state index < -0.39 is 0 Å². The fraction of sp³-hybridized carbons (Fsp3) is 0.706. The largest absolute Gasteiger partial charge is 0.396 e. The molecule has 0 aromatic carbocycles. The Labute approximate surface area is 143 Å². The van der Waals surface area contributed by atoms with Crippen molar-refractivity contribution < 1.29 is 9.90 Å². The van der Waals surface area contributed by atoms with Crippen LogP contribution < -0.4 is 10.2 Å². The molecule has 0 unspecified atom stereocenters. The third kappa shape index (κ3) is 3.52. The van der Waals surface area contributed by atoms with Crippen molar-refractivity contribution >= 4 is 11.7 Å². The van der Waals surface area contributed by atoms with Crippen LogP contribution in [0, 0.1) is 0 Å². The van der Waals surface area contributed by atoms with Gasteiger partial charge in [-0.2, -0.15) is 0 Å². The summed E-state index contributed by atoms with van der Waals surface area (Å²) >= 11 is 0. The topological polar surface area (TPSA) is 81.6 Å². The van der Waals surface area contributed by atoms with E-state index in [4.69, 9.17) is 10.1 Å². The molecule has 0 spiro atoms. The molecule has 1 aromatic heterocycles. The van der Waals surface area contributed by atoms with Gasteiger partial charge >= 0.3 is 0 Å². The molecule has 7 heteroatoms. The van der Waals surface area contributed by atoms with Crippen LogP contribution in [-0.4, -0.2) is 71.8 Å². The van der Waals surface area contributed by atoms with E-state index >= 15 is 0 Å². The van der Waals surface area contributed by atoms with Crippen LogP contribution >= 0.6 is 0 Å². The minimum absolute atomic E-state index is 0.0802. The lowest BCUT2D eigenvalue weighted by atomic mass is 10.0. The Kier molecular flexibility index (Phi) is 5.30. The molecule has 1 saturated heterocycles. The highest BCUT2D eigenvalue weighted by Crippen LogP contribution is 2.27. The van der Waals surface area contributed by atoms with Crippen molar-refractivity contribution in [2.24, 2.45) is 0 Å². The zero-order valence-electron chi connectivity index (χ0n) is 14.6. The number of carbonyl (C=O) groups is 1. The van der Waals surface area contributed by atoms with E-state index in [1.165, 1.54) is 0 Å². The molecule has 0 aliphatic carbocycles. The molecular weight excluding hydrogens is 306 g/mol. The molecule has 0 radical (unpaired) electrons. The summed E-state index contributed by atoms with van der Waals surface area (Å²) in [5.74, 6) is 1.79. The van der Waals surface area contributed by atoms with Crippen molar-refractivity contribution in [3.63, 3.8) is 0 Å². The zero-order valence-corrected chi connectivity index (χ0v) is 14.6. The van der Waals surface area contributed by atoms with Gasteiger partial charge in [-0.3, -0.25) is 9.69 Å². The average molecular weight is 333 g/mol. The predicted molar refractivity (Wildman–Crippen MR) is 92.5 cm³/mol. The summed E-state index contributed by atoms with van der Waals surface area (Å²) in [6, 6.07) is 0. The van der Waals surface area contributed by atoms with Gasteiger partial charge in [0.15, 0.2) is 0 Å². The van der Waals surface area contributed by atoms with Crippen molar-refractivity contribution in [2.45, 2.75) is 32.6 Å². The number of rotatable bonds is 5. The maximum absolute atomic E-state index is 12.2. The van der Waals surface area contributed by atoms with Crippen LogP contribution in [0.5, 0.6) is 0 Å². The molecule has 7 nitrogen and oxygen atoms in total. The number of aromatic nitrogens is 2. The summed E-state index contributed by atoms with van der Waals surface area (Å²) < 4.78 is 0. The van der Waals surface area contributed by atoms with Crippen LogP contribution in [-0.2, 0) is 6.42 Å². The first-order chi connectivity index (χ1) is 11.6. The van der Waals surface area contributed by atoms with Crippen molar-refractivity contribution in [3.8, 4) is 0 Å². The summed E-state index contributed by atoms with van der Waals surface area (Å²) in [7, 11) is 0. The highest BCUT2D eigenvalue weighted by molar-refractivity contribution is 5.96. The Morgan fingerprint density at radius 2 is 1.96 bits per heavy atom. The number of aliphatic hydroxyl groups excluding tert-OH is 1. The van der Waals surface area contributed by atoms with Gasteiger partial charge in [0.2, 0.25) is 0 Å². The minimum atomic E-state index is -0.0802. The molecule has 3 heterocycles. The van der Waals surface area contributed by atoms with Crippen molar-refractivity contribution in [1.29, 1.82) is 0 Å². The standard InChI is InChI=1S/C17H27N5O2/c1-12(2)15-19-14-13(4-5-18-17(14)24)16(20-15)22-9-7-21(8-10-22)6-3-11-23/h12,23H,3-11H2,1-2H3,(H,18,24). The van der Waals surface area contributed by atoms with Crippen LogP contribution in [0.25, 0.3) is 0 Å². The highest BCUT2D eigenvalue weighted by atomic mass is 16.3. The van der Waals surface area contributed by atoms with Crippen LogP contribution in [0.4, 0.5) is 5.82 Å². The first kappa shape index (κ1) is 17.1. The molecule has 132 valence electrons. The molecule has 1 aromatic rings. The monoisotopic (exact) mass is 333 g/mol. The lowest BCUT2D eigenvalue weighted by molar-refractivity contribution is 0.0940. The maximum atomic E-state index is 12.2. The van der Waals surface area contributed by atoms with E-state index in [1.807, 2.05) is 0 Å². The van der Waals surface area contributed by atoms with E-state index in [9.17, 15) is 4.79 Å². The summed E-state index contributed by atoms with van der Waals surface area (Å²) in [6.07, 6.45) is 1.61. The van der Waals surface area contributed by atoms with Gasteiger partial charge in [0, 0.05) is 57.4 Å². The molecule has 24 heavy (non-hydrogen) atoms. The Bertz CT molecular complexity index is 597. The Morgan fingerprint density at radius 3 is 2.62 bits per heavy atom. The summed E-state index contributed by atoms with van der Waals surface area (Å²) in [6.45, 7) is 9.65. The molecule has 2 aliphatic heterocycles. The number of nitrogens with zero attached hydrogens (tertiary/aromatic N) is 4. The third-order valence-corrected chi connectivity index (χ3v) is 4.70. The zero-order chi connectivity index (χ0) is 17.1. The lowest BCUT2D eigenvalue weighted by Crippen LogP contribution is -2.48. The van der Waals surface area contributed by atoms with Gasteiger partial charge in [-0.25, -0.2) is 9.97 Å². The Morgan fingerprint density at radius 1 is 1.21 bits per heavy atom. The Hall–Kier alpha value is -1.73. The molecule has 0 saturated carbocycles. The van der Waals surface area contributed by atoms with E-state index in [2.05, 4.69) is 33.9 Å². The average Bonchev–Trinajstić information content (AvgIpc) is 2.60. The molecular formula is C17H27N5O2. The second kappa shape index (κ2) is 7.44. The van der Waals surface area contributed by atoms with Gasteiger partial charge in [-0.15, -0.1) is 0 Å². The molecule has 0 atom stereocenters. The normalized spacial score (nSPS) is 18.7. The SMILES string of the molecule is CC(C)c1nc2c(c(N3CCN(CCCO)CC3)n1)CCNC2=O. The number of amides is 1. The fourth-order valence-corrected chi connectivity index (χ4v) is 3.29. The number of hydrogen-bond donors (Lipinski definition) is 2. The summed E-state index contributed by atoms with van der Waals surface area (Å²) in [5.41, 5.74) is 1.55. The number of fused-ring (bicyclic) bond motifs is 1. The second-order valence-corrected chi connectivity index (χ2v) is 6.80. The first-order valence-corrected chi connectivity index (χ1v) is 8.87. The van der Waals surface area contributed by atoms with E-state index in [-0.39, 0.29) is 18.4 Å². The van der Waals surface area contributed by atoms with E-state index in [1.54, 1.807) is 0 Å². The van der Waals surface area contributed by atoms with Gasteiger partial charge in [0.05, 0.1) is 0 Å². The van der Waals surface area contributed by atoms with Gasteiger partial charge in [0.1, 0.15) is 17.3 Å².